The van der Waals surface area contributed by atoms with E-state index >= 15 is 0 Å². The van der Waals surface area contributed by atoms with E-state index in [1.807, 2.05) is 24.3 Å². The van der Waals surface area contributed by atoms with Gasteiger partial charge in [0, 0.05) is 30.2 Å². The number of amides is 1. The first kappa shape index (κ1) is 20.2. The Morgan fingerprint density at radius 3 is 2.61 bits per heavy atom. The van der Waals surface area contributed by atoms with Crippen LogP contribution in [0.2, 0.25) is 0 Å². The Kier molecular flexibility index (Phi) is 7.27. The predicted molar refractivity (Wildman–Crippen MR) is 107 cm³/mol. The molecule has 1 N–H and O–H groups in total. The SMILES string of the molecule is O=C(CSc1ccc([N+](=O)[O-])cc1)NCc1ccc(OCC2CCCO2)cc1. The quantitative estimate of drug-likeness (QED) is 0.392. The van der Waals surface area contributed by atoms with Gasteiger partial charge in [-0.25, -0.2) is 0 Å². The second-order valence-corrected chi connectivity index (χ2v) is 7.46. The molecule has 0 aliphatic carbocycles. The van der Waals surface area contributed by atoms with E-state index < -0.39 is 4.92 Å². The van der Waals surface area contributed by atoms with Gasteiger partial charge in [-0.15, -0.1) is 11.8 Å². The van der Waals surface area contributed by atoms with Crippen molar-refractivity contribution < 1.29 is 19.2 Å². The van der Waals surface area contributed by atoms with Crippen LogP contribution < -0.4 is 10.1 Å². The van der Waals surface area contributed by atoms with E-state index in [0.29, 0.717) is 13.2 Å². The first-order chi connectivity index (χ1) is 13.6. The number of thioether (sulfide) groups is 1. The molecule has 2 aromatic carbocycles. The lowest BCUT2D eigenvalue weighted by Crippen LogP contribution is -2.24. The van der Waals surface area contributed by atoms with Gasteiger partial charge in [0.15, 0.2) is 0 Å². The molecule has 1 amide bonds. The maximum Gasteiger partial charge on any atom is 0.269 e. The highest BCUT2D eigenvalue weighted by molar-refractivity contribution is 8.00. The number of non-ortho nitro benzene ring substituents is 1. The molecule has 1 aliphatic rings. The molecule has 2 aromatic rings. The summed E-state index contributed by atoms with van der Waals surface area (Å²) in [6, 6.07) is 13.8. The van der Waals surface area contributed by atoms with E-state index in [0.717, 1.165) is 35.7 Å². The van der Waals surface area contributed by atoms with E-state index in [2.05, 4.69) is 5.32 Å². The monoisotopic (exact) mass is 402 g/mol. The highest BCUT2D eigenvalue weighted by Gasteiger charge is 2.15. The molecular weight excluding hydrogens is 380 g/mol. The Bertz CT molecular complexity index is 789. The van der Waals surface area contributed by atoms with Gasteiger partial charge in [0.2, 0.25) is 5.91 Å². The smallest absolute Gasteiger partial charge is 0.269 e. The Morgan fingerprint density at radius 1 is 1.21 bits per heavy atom. The summed E-state index contributed by atoms with van der Waals surface area (Å²) in [6.45, 7) is 1.82. The van der Waals surface area contributed by atoms with Crippen LogP contribution in [0.15, 0.2) is 53.4 Å². The van der Waals surface area contributed by atoms with Gasteiger partial charge in [-0.1, -0.05) is 12.1 Å². The largest absolute Gasteiger partial charge is 0.491 e. The second kappa shape index (κ2) is 10.1. The number of hydrogen-bond acceptors (Lipinski definition) is 6. The van der Waals surface area contributed by atoms with Gasteiger partial charge in [-0.2, -0.15) is 0 Å². The lowest BCUT2D eigenvalue weighted by molar-refractivity contribution is -0.384. The third kappa shape index (κ3) is 6.24. The van der Waals surface area contributed by atoms with Gasteiger partial charge in [0.25, 0.3) is 5.69 Å². The van der Waals surface area contributed by atoms with Crippen molar-refractivity contribution in [3.05, 3.63) is 64.2 Å². The van der Waals surface area contributed by atoms with Crippen LogP contribution in [-0.2, 0) is 16.1 Å². The van der Waals surface area contributed by atoms with Gasteiger partial charge in [0.05, 0.1) is 16.8 Å². The Hall–Kier alpha value is -2.58. The van der Waals surface area contributed by atoms with Gasteiger partial charge in [-0.3, -0.25) is 14.9 Å². The van der Waals surface area contributed by atoms with E-state index in [1.165, 1.54) is 23.9 Å². The third-order valence-electron chi connectivity index (χ3n) is 4.29. The molecule has 1 aliphatic heterocycles. The summed E-state index contributed by atoms with van der Waals surface area (Å²) in [5.74, 6) is 0.946. The zero-order chi connectivity index (χ0) is 19.8. The Labute approximate surface area is 167 Å². The van der Waals surface area contributed by atoms with Crippen LogP contribution in [-0.4, -0.2) is 35.9 Å². The van der Waals surface area contributed by atoms with Crippen molar-refractivity contribution in [3.63, 3.8) is 0 Å². The van der Waals surface area contributed by atoms with Gasteiger partial charge < -0.3 is 14.8 Å². The van der Waals surface area contributed by atoms with Gasteiger partial charge in [0.1, 0.15) is 12.4 Å². The van der Waals surface area contributed by atoms with Crippen molar-refractivity contribution in [3.8, 4) is 5.75 Å². The average molecular weight is 402 g/mol. The summed E-state index contributed by atoms with van der Waals surface area (Å²) in [5.41, 5.74) is 1.02. The molecule has 1 fully saturated rings. The maximum atomic E-state index is 12.0. The summed E-state index contributed by atoms with van der Waals surface area (Å²) in [4.78, 5) is 23.0. The van der Waals surface area contributed by atoms with Crippen LogP contribution in [0.1, 0.15) is 18.4 Å². The molecule has 3 rings (SSSR count). The van der Waals surface area contributed by atoms with Crippen molar-refractivity contribution in [2.45, 2.75) is 30.4 Å². The lowest BCUT2D eigenvalue weighted by Gasteiger charge is -2.12. The first-order valence-electron chi connectivity index (χ1n) is 9.07. The van der Waals surface area contributed by atoms with Crippen molar-refractivity contribution in [1.29, 1.82) is 0 Å². The zero-order valence-corrected chi connectivity index (χ0v) is 16.2. The average Bonchev–Trinajstić information content (AvgIpc) is 3.24. The molecule has 0 bridgehead atoms. The molecule has 0 saturated carbocycles. The Morgan fingerprint density at radius 2 is 1.96 bits per heavy atom. The minimum absolute atomic E-state index is 0.0389. The first-order valence-corrected chi connectivity index (χ1v) is 10.1. The number of carbonyl (C=O) groups excluding carboxylic acids is 1. The number of benzene rings is 2. The molecule has 148 valence electrons. The zero-order valence-electron chi connectivity index (χ0n) is 15.3. The van der Waals surface area contributed by atoms with Crippen LogP contribution in [0.25, 0.3) is 0 Å². The normalized spacial score (nSPS) is 15.9. The van der Waals surface area contributed by atoms with Crippen molar-refractivity contribution in [1.82, 2.24) is 5.32 Å². The molecule has 0 aromatic heterocycles. The third-order valence-corrected chi connectivity index (χ3v) is 5.30. The van der Waals surface area contributed by atoms with E-state index in [1.54, 1.807) is 12.1 Å². The number of hydrogen-bond donors (Lipinski definition) is 1. The maximum absolute atomic E-state index is 12.0. The highest BCUT2D eigenvalue weighted by atomic mass is 32.2. The number of nitro groups is 1. The summed E-state index contributed by atoms with van der Waals surface area (Å²) in [6.07, 6.45) is 2.32. The van der Waals surface area contributed by atoms with Crippen LogP contribution in [0.3, 0.4) is 0 Å². The molecule has 1 heterocycles. The molecule has 1 unspecified atom stereocenters. The van der Waals surface area contributed by atoms with Crippen molar-refractivity contribution in [2.24, 2.45) is 0 Å². The fourth-order valence-corrected chi connectivity index (χ4v) is 3.46. The fraction of sp³-hybridized carbons (Fsp3) is 0.350. The Balaban J connectivity index is 1.37. The summed E-state index contributed by atoms with van der Waals surface area (Å²) >= 11 is 1.34. The van der Waals surface area contributed by atoms with Crippen molar-refractivity contribution >= 4 is 23.4 Å². The van der Waals surface area contributed by atoms with Crippen LogP contribution >= 0.6 is 11.8 Å². The van der Waals surface area contributed by atoms with E-state index in [-0.39, 0.29) is 23.5 Å². The minimum Gasteiger partial charge on any atom is -0.491 e. The molecule has 0 radical (unpaired) electrons. The molecule has 7 nitrogen and oxygen atoms in total. The topological polar surface area (TPSA) is 90.7 Å². The van der Waals surface area contributed by atoms with Gasteiger partial charge >= 0.3 is 0 Å². The summed E-state index contributed by atoms with van der Waals surface area (Å²) in [5, 5.41) is 13.5. The molecule has 1 atom stereocenters. The minimum atomic E-state index is -0.444. The second-order valence-electron chi connectivity index (χ2n) is 6.41. The van der Waals surface area contributed by atoms with Crippen molar-refractivity contribution in [2.75, 3.05) is 19.0 Å². The molecule has 1 saturated heterocycles. The number of nitrogens with one attached hydrogen (secondary N) is 1. The number of ether oxygens (including phenoxy) is 2. The number of rotatable bonds is 9. The summed E-state index contributed by atoms with van der Waals surface area (Å²) in [7, 11) is 0. The molecular formula is C20H22N2O5S. The van der Waals surface area contributed by atoms with Crippen LogP contribution in [0, 0.1) is 10.1 Å². The number of carbonyl (C=O) groups is 1. The standard InChI is InChI=1S/C20H22N2O5S/c23-20(14-28-19-9-5-16(6-10-19)22(24)25)21-12-15-3-7-17(8-4-15)27-13-18-2-1-11-26-18/h3-10,18H,1-2,11-14H2,(H,21,23). The molecule has 8 heteroatoms. The van der Waals surface area contributed by atoms with E-state index in [9.17, 15) is 14.9 Å². The van der Waals surface area contributed by atoms with Crippen LogP contribution in [0.5, 0.6) is 5.75 Å². The summed E-state index contributed by atoms with van der Waals surface area (Å²) < 4.78 is 11.3. The van der Waals surface area contributed by atoms with Crippen LogP contribution in [0.4, 0.5) is 5.69 Å². The lowest BCUT2D eigenvalue weighted by atomic mass is 10.2. The fourth-order valence-electron chi connectivity index (χ4n) is 2.73. The van der Waals surface area contributed by atoms with E-state index in [4.69, 9.17) is 9.47 Å². The molecule has 0 spiro atoms. The highest BCUT2D eigenvalue weighted by Crippen LogP contribution is 2.21. The predicted octanol–water partition coefficient (Wildman–Crippen LogP) is 3.56. The van der Waals surface area contributed by atoms with Gasteiger partial charge in [-0.05, 0) is 42.7 Å². The molecule has 28 heavy (non-hydrogen) atoms. The number of nitro benzene ring substituents is 1. The number of nitrogens with zero attached hydrogens (tertiary/aromatic N) is 1.